The summed E-state index contributed by atoms with van der Waals surface area (Å²) in [5, 5.41) is 13.9. The van der Waals surface area contributed by atoms with Gasteiger partial charge in [0.15, 0.2) is 23.0 Å². The van der Waals surface area contributed by atoms with Gasteiger partial charge in [-0.2, -0.15) is 5.10 Å². The van der Waals surface area contributed by atoms with E-state index in [2.05, 4.69) is 26.5 Å². The number of nitrogens with zero attached hydrogens (tertiary/aromatic N) is 1. The number of rotatable bonds is 5. The number of carbonyl (C=O) groups excluding carboxylic acids is 1. The molecule has 0 bridgehead atoms. The molecule has 0 saturated carbocycles. The van der Waals surface area contributed by atoms with E-state index in [0.29, 0.717) is 52.7 Å². The Morgan fingerprint density at radius 1 is 1.31 bits per heavy atom. The van der Waals surface area contributed by atoms with Crippen LogP contribution in [0.3, 0.4) is 0 Å². The standard InChI is InChI=1S/C18H17BrN2O5/c1-2-24-16-8-11(7-13(19)17(16)22)10-20-21-18(23)12-3-4-14-15(9-12)26-6-5-25-14/h3-4,7-10,22H,2,5-6H2,1H3,(H,21,23)/b20-10+. The van der Waals surface area contributed by atoms with Crippen LogP contribution >= 0.6 is 15.9 Å². The molecule has 8 heteroatoms. The summed E-state index contributed by atoms with van der Waals surface area (Å²) in [6.07, 6.45) is 1.46. The van der Waals surface area contributed by atoms with E-state index in [1.807, 2.05) is 6.92 Å². The number of halogens is 1. The minimum Gasteiger partial charge on any atom is -0.503 e. The fourth-order valence-corrected chi connectivity index (χ4v) is 2.81. The van der Waals surface area contributed by atoms with Crippen molar-refractivity contribution in [3.05, 3.63) is 45.9 Å². The molecule has 0 saturated heterocycles. The number of carbonyl (C=O) groups is 1. The average Bonchev–Trinajstić information content (AvgIpc) is 2.65. The largest absolute Gasteiger partial charge is 0.503 e. The van der Waals surface area contributed by atoms with Crippen molar-refractivity contribution in [3.63, 3.8) is 0 Å². The second-order valence-corrected chi connectivity index (χ2v) is 6.19. The highest BCUT2D eigenvalue weighted by Gasteiger charge is 2.14. The zero-order valence-electron chi connectivity index (χ0n) is 14.0. The first-order valence-electron chi connectivity index (χ1n) is 7.97. The number of hydrogen-bond donors (Lipinski definition) is 2. The minimum absolute atomic E-state index is 0.0179. The highest BCUT2D eigenvalue weighted by molar-refractivity contribution is 9.10. The number of hydrazone groups is 1. The van der Waals surface area contributed by atoms with Crippen molar-refractivity contribution >= 4 is 28.1 Å². The zero-order valence-corrected chi connectivity index (χ0v) is 15.6. The molecule has 0 atom stereocenters. The molecule has 1 aliphatic rings. The Morgan fingerprint density at radius 3 is 2.85 bits per heavy atom. The van der Waals surface area contributed by atoms with Crippen molar-refractivity contribution < 1.29 is 24.1 Å². The molecule has 3 rings (SSSR count). The van der Waals surface area contributed by atoms with Crippen molar-refractivity contribution in [1.29, 1.82) is 0 Å². The summed E-state index contributed by atoms with van der Waals surface area (Å²) in [4.78, 5) is 12.2. The Morgan fingerprint density at radius 2 is 2.08 bits per heavy atom. The summed E-state index contributed by atoms with van der Waals surface area (Å²) in [6, 6.07) is 8.24. The number of ether oxygens (including phenoxy) is 3. The van der Waals surface area contributed by atoms with Gasteiger partial charge in [0.2, 0.25) is 0 Å². The maximum absolute atomic E-state index is 12.2. The molecule has 0 aliphatic carbocycles. The van der Waals surface area contributed by atoms with E-state index >= 15 is 0 Å². The summed E-state index contributed by atoms with van der Waals surface area (Å²) < 4.78 is 16.7. The second-order valence-electron chi connectivity index (χ2n) is 5.34. The Labute approximate surface area is 158 Å². The SMILES string of the molecule is CCOc1cc(/C=N/NC(=O)c2ccc3c(c2)OCCO3)cc(Br)c1O. The fraction of sp³-hybridized carbons (Fsp3) is 0.222. The van der Waals surface area contributed by atoms with Crippen LogP contribution in [0.4, 0.5) is 0 Å². The Kier molecular flexibility index (Phi) is 5.62. The van der Waals surface area contributed by atoms with Gasteiger partial charge in [0.05, 0.1) is 17.3 Å². The third-order valence-corrected chi connectivity index (χ3v) is 4.14. The van der Waals surface area contributed by atoms with Crippen LogP contribution in [0.1, 0.15) is 22.8 Å². The van der Waals surface area contributed by atoms with E-state index in [1.54, 1.807) is 30.3 Å². The molecule has 26 heavy (non-hydrogen) atoms. The van der Waals surface area contributed by atoms with E-state index in [4.69, 9.17) is 14.2 Å². The summed E-state index contributed by atoms with van der Waals surface area (Å²) in [7, 11) is 0. The van der Waals surface area contributed by atoms with Crippen LogP contribution in [-0.2, 0) is 0 Å². The van der Waals surface area contributed by atoms with Crippen molar-refractivity contribution in [3.8, 4) is 23.0 Å². The number of aromatic hydroxyl groups is 1. The van der Waals surface area contributed by atoms with Gasteiger partial charge in [-0.3, -0.25) is 4.79 Å². The van der Waals surface area contributed by atoms with Gasteiger partial charge >= 0.3 is 0 Å². The molecule has 0 spiro atoms. The van der Waals surface area contributed by atoms with Crippen LogP contribution < -0.4 is 19.6 Å². The van der Waals surface area contributed by atoms with Gasteiger partial charge in [-0.25, -0.2) is 5.43 Å². The Bertz CT molecular complexity index is 854. The summed E-state index contributed by atoms with van der Waals surface area (Å²) >= 11 is 3.25. The zero-order chi connectivity index (χ0) is 18.5. The van der Waals surface area contributed by atoms with Crippen LogP contribution in [0.2, 0.25) is 0 Å². The highest BCUT2D eigenvalue weighted by Crippen LogP contribution is 2.35. The van der Waals surface area contributed by atoms with Gasteiger partial charge in [0, 0.05) is 5.56 Å². The van der Waals surface area contributed by atoms with Gasteiger partial charge in [-0.05, 0) is 58.7 Å². The number of phenols is 1. The molecule has 0 unspecified atom stereocenters. The number of benzene rings is 2. The molecule has 0 aromatic heterocycles. The smallest absolute Gasteiger partial charge is 0.271 e. The molecule has 1 heterocycles. The lowest BCUT2D eigenvalue weighted by Crippen LogP contribution is -2.19. The minimum atomic E-state index is -0.374. The summed E-state index contributed by atoms with van der Waals surface area (Å²) in [6.45, 7) is 3.19. The number of fused-ring (bicyclic) bond motifs is 1. The molecular formula is C18H17BrN2O5. The van der Waals surface area contributed by atoms with E-state index in [0.717, 1.165) is 0 Å². The third kappa shape index (κ3) is 4.08. The highest BCUT2D eigenvalue weighted by atomic mass is 79.9. The molecule has 0 fully saturated rings. The lowest BCUT2D eigenvalue weighted by molar-refractivity contribution is 0.0954. The van der Waals surface area contributed by atoms with E-state index < -0.39 is 0 Å². The first-order chi connectivity index (χ1) is 12.6. The normalized spacial score (nSPS) is 12.8. The van der Waals surface area contributed by atoms with Crippen LogP contribution in [0.15, 0.2) is 39.9 Å². The molecule has 0 radical (unpaired) electrons. The first-order valence-corrected chi connectivity index (χ1v) is 8.76. The van der Waals surface area contributed by atoms with Crippen molar-refractivity contribution in [2.24, 2.45) is 5.10 Å². The molecule has 136 valence electrons. The van der Waals surface area contributed by atoms with Gasteiger partial charge in [-0.1, -0.05) is 0 Å². The monoisotopic (exact) mass is 420 g/mol. The van der Waals surface area contributed by atoms with Crippen LogP contribution in [0, 0.1) is 0 Å². The summed E-state index contributed by atoms with van der Waals surface area (Å²) in [5.74, 6) is 1.14. The molecular weight excluding hydrogens is 404 g/mol. The quantitative estimate of drug-likeness (QED) is 0.572. The Hall–Kier alpha value is -2.74. The lowest BCUT2D eigenvalue weighted by Gasteiger charge is -2.18. The average molecular weight is 421 g/mol. The number of nitrogens with one attached hydrogen (secondary N) is 1. The third-order valence-electron chi connectivity index (χ3n) is 3.53. The molecule has 2 aromatic carbocycles. The molecule has 2 N–H and O–H groups in total. The maximum atomic E-state index is 12.2. The second kappa shape index (κ2) is 8.09. The van der Waals surface area contributed by atoms with Gasteiger partial charge < -0.3 is 19.3 Å². The van der Waals surface area contributed by atoms with Crippen LogP contribution in [-0.4, -0.2) is 37.0 Å². The molecule has 1 aliphatic heterocycles. The molecule has 2 aromatic rings. The van der Waals surface area contributed by atoms with Crippen molar-refractivity contribution in [2.75, 3.05) is 19.8 Å². The van der Waals surface area contributed by atoms with Crippen molar-refractivity contribution in [1.82, 2.24) is 5.43 Å². The number of phenolic OH excluding ortho intramolecular Hbond substituents is 1. The number of hydrogen-bond acceptors (Lipinski definition) is 6. The topological polar surface area (TPSA) is 89.4 Å². The molecule has 1 amide bonds. The van der Waals surface area contributed by atoms with E-state index in [9.17, 15) is 9.90 Å². The van der Waals surface area contributed by atoms with Crippen molar-refractivity contribution in [2.45, 2.75) is 6.92 Å². The number of amides is 1. The van der Waals surface area contributed by atoms with Gasteiger partial charge in [0.25, 0.3) is 5.91 Å². The molecule has 7 nitrogen and oxygen atoms in total. The van der Waals surface area contributed by atoms with E-state index in [1.165, 1.54) is 6.21 Å². The predicted molar refractivity (Wildman–Crippen MR) is 99.5 cm³/mol. The van der Waals surface area contributed by atoms with Crippen LogP contribution in [0.25, 0.3) is 0 Å². The fourth-order valence-electron chi connectivity index (χ4n) is 2.35. The lowest BCUT2D eigenvalue weighted by atomic mass is 10.2. The summed E-state index contributed by atoms with van der Waals surface area (Å²) in [5.41, 5.74) is 3.52. The maximum Gasteiger partial charge on any atom is 0.271 e. The van der Waals surface area contributed by atoms with Gasteiger partial charge in [0.1, 0.15) is 13.2 Å². The van der Waals surface area contributed by atoms with E-state index in [-0.39, 0.29) is 11.7 Å². The first kappa shape index (κ1) is 18.1. The van der Waals surface area contributed by atoms with Gasteiger partial charge in [-0.15, -0.1) is 0 Å². The van der Waals surface area contributed by atoms with Crippen LogP contribution in [0.5, 0.6) is 23.0 Å². The predicted octanol–water partition coefficient (Wildman–Crippen LogP) is 3.09. The Balaban J connectivity index is 1.69.